The van der Waals surface area contributed by atoms with Gasteiger partial charge in [-0.3, -0.25) is 9.59 Å². The maximum atomic E-state index is 12.4. The summed E-state index contributed by atoms with van der Waals surface area (Å²) in [6.45, 7) is 4.97. The molecule has 0 aromatic heterocycles. The molecule has 0 aromatic rings. The smallest absolute Gasteiger partial charge is 0.305 e. The third kappa shape index (κ3) is 60.1. The van der Waals surface area contributed by atoms with Gasteiger partial charge in [0.15, 0.2) is 0 Å². The Morgan fingerprint density at radius 1 is 0.324 bits per heavy atom. The predicted octanol–water partition coefficient (Wildman–Crippen LogP) is 21.8. The van der Waals surface area contributed by atoms with E-state index in [0.717, 1.165) is 38.5 Å². The molecule has 0 aromatic carbocycles. The van der Waals surface area contributed by atoms with Crippen LogP contribution in [0.3, 0.4) is 0 Å². The molecule has 2 atom stereocenters. The molecule has 0 saturated carbocycles. The number of hydrogen-bond donors (Lipinski definition) is 3. The van der Waals surface area contributed by atoms with Crippen molar-refractivity contribution in [2.75, 3.05) is 13.2 Å². The molecule has 6 nitrogen and oxygen atoms in total. The van der Waals surface area contributed by atoms with Gasteiger partial charge in [0, 0.05) is 12.8 Å². The zero-order valence-electron chi connectivity index (χ0n) is 50.6. The Kier molecular flexibility index (Phi) is 63.4. The molecule has 0 aliphatic rings. The van der Waals surface area contributed by atoms with Gasteiger partial charge in [-0.25, -0.2) is 0 Å². The Bertz CT molecular complexity index is 1070. The third-order valence-corrected chi connectivity index (χ3v) is 16.4. The molecule has 0 spiro atoms. The summed E-state index contributed by atoms with van der Waals surface area (Å²) in [7, 11) is 0. The molecule has 74 heavy (non-hydrogen) atoms. The minimum absolute atomic E-state index is 0.0256. The van der Waals surface area contributed by atoms with E-state index >= 15 is 0 Å². The lowest BCUT2D eigenvalue weighted by Gasteiger charge is -2.22. The zero-order chi connectivity index (χ0) is 53.6. The van der Waals surface area contributed by atoms with E-state index in [1.807, 2.05) is 0 Å². The predicted molar refractivity (Wildman–Crippen MR) is 324 cm³/mol. The van der Waals surface area contributed by atoms with Crippen molar-refractivity contribution in [2.24, 2.45) is 0 Å². The first-order valence-electron chi connectivity index (χ1n) is 34.3. The van der Waals surface area contributed by atoms with Gasteiger partial charge in [-0.15, -0.1) is 0 Å². The van der Waals surface area contributed by atoms with E-state index < -0.39 is 12.1 Å². The molecule has 0 rings (SSSR count). The van der Waals surface area contributed by atoms with Gasteiger partial charge in [0.1, 0.15) is 0 Å². The first kappa shape index (κ1) is 72.9. The highest BCUT2D eigenvalue weighted by Gasteiger charge is 2.20. The van der Waals surface area contributed by atoms with Gasteiger partial charge in [-0.2, -0.15) is 0 Å². The van der Waals surface area contributed by atoms with E-state index in [0.29, 0.717) is 25.9 Å². The number of aliphatic hydroxyl groups excluding tert-OH is 2. The maximum Gasteiger partial charge on any atom is 0.305 e. The lowest BCUT2D eigenvalue weighted by molar-refractivity contribution is -0.143. The van der Waals surface area contributed by atoms with Crippen LogP contribution in [0.25, 0.3) is 0 Å². The van der Waals surface area contributed by atoms with E-state index in [1.165, 1.54) is 327 Å². The van der Waals surface area contributed by atoms with Crippen LogP contribution >= 0.6 is 0 Å². The molecule has 0 fully saturated rings. The van der Waals surface area contributed by atoms with Crippen LogP contribution in [0.1, 0.15) is 399 Å². The molecular weight excluding hydrogens is 911 g/mol. The molecule has 0 aliphatic heterocycles. The van der Waals surface area contributed by atoms with Crippen molar-refractivity contribution in [1.29, 1.82) is 0 Å². The zero-order valence-corrected chi connectivity index (χ0v) is 50.6. The SMILES string of the molecule is CCCCCCCCCCCCCCCCCCCC(=O)OCCCCCCCCCCCCCCCCCCCCCCCCCCCCCCCCCC(=O)NC(CO)C(O)CCCCCCCCCCC. The molecule has 6 heteroatoms. The van der Waals surface area contributed by atoms with Crippen molar-refractivity contribution in [3.8, 4) is 0 Å². The highest BCUT2D eigenvalue weighted by atomic mass is 16.5. The van der Waals surface area contributed by atoms with Crippen LogP contribution in [0.4, 0.5) is 0 Å². The van der Waals surface area contributed by atoms with Gasteiger partial charge in [0.25, 0.3) is 0 Å². The fourth-order valence-corrected chi connectivity index (χ4v) is 11.2. The van der Waals surface area contributed by atoms with Gasteiger partial charge in [-0.1, -0.05) is 361 Å². The number of aliphatic hydroxyl groups is 2. The minimum Gasteiger partial charge on any atom is -0.466 e. The highest BCUT2D eigenvalue weighted by molar-refractivity contribution is 5.76. The van der Waals surface area contributed by atoms with Gasteiger partial charge >= 0.3 is 5.97 Å². The number of amides is 1. The van der Waals surface area contributed by atoms with E-state index in [1.54, 1.807) is 0 Å². The quantitative estimate of drug-likeness (QED) is 0.0417. The van der Waals surface area contributed by atoms with Crippen LogP contribution in [0.2, 0.25) is 0 Å². The molecule has 0 heterocycles. The van der Waals surface area contributed by atoms with Gasteiger partial charge in [-0.05, 0) is 25.7 Å². The molecule has 0 radical (unpaired) electrons. The van der Waals surface area contributed by atoms with Crippen LogP contribution in [0.5, 0.6) is 0 Å². The Balaban J connectivity index is 3.27. The van der Waals surface area contributed by atoms with E-state index in [9.17, 15) is 19.8 Å². The molecule has 0 aliphatic carbocycles. The van der Waals surface area contributed by atoms with Gasteiger partial charge < -0.3 is 20.3 Å². The summed E-state index contributed by atoms with van der Waals surface area (Å²) in [6, 6.07) is -0.535. The average molecular weight is 1050 g/mol. The normalized spacial score (nSPS) is 12.4. The van der Waals surface area contributed by atoms with Crippen LogP contribution in [0.15, 0.2) is 0 Å². The standard InChI is InChI=1S/C68H135NO5/c1-3-5-7-9-11-13-14-15-16-32-36-39-42-46-50-54-58-62-68(73)74-63-59-55-51-47-43-40-37-34-31-29-27-25-23-21-19-17-18-20-22-24-26-28-30-33-35-38-41-45-49-53-57-61-67(72)69-65(64-70)66(71)60-56-52-48-44-12-10-8-6-4-2/h65-66,70-71H,3-64H2,1-2H3,(H,69,72). The van der Waals surface area contributed by atoms with Crippen LogP contribution in [0, 0.1) is 0 Å². The topological polar surface area (TPSA) is 95.9 Å². The largest absolute Gasteiger partial charge is 0.466 e. The molecule has 442 valence electrons. The van der Waals surface area contributed by atoms with Crippen molar-refractivity contribution in [2.45, 2.75) is 411 Å². The van der Waals surface area contributed by atoms with E-state index in [4.69, 9.17) is 4.74 Å². The van der Waals surface area contributed by atoms with Crippen LogP contribution in [-0.4, -0.2) is 47.4 Å². The lowest BCUT2D eigenvalue weighted by atomic mass is 10.0. The first-order valence-corrected chi connectivity index (χ1v) is 34.3. The Labute approximate surface area is 464 Å². The number of unbranched alkanes of at least 4 members (excludes halogenated alkanes) is 54. The van der Waals surface area contributed by atoms with Crippen molar-refractivity contribution < 1.29 is 24.5 Å². The molecule has 3 N–H and O–H groups in total. The summed E-state index contributed by atoms with van der Waals surface area (Å²) >= 11 is 0. The summed E-state index contributed by atoms with van der Waals surface area (Å²) in [6.07, 6.45) is 77.4. The summed E-state index contributed by atoms with van der Waals surface area (Å²) in [4.78, 5) is 24.5. The van der Waals surface area contributed by atoms with E-state index in [2.05, 4.69) is 19.2 Å². The summed E-state index contributed by atoms with van der Waals surface area (Å²) in [5, 5.41) is 23.1. The summed E-state index contributed by atoms with van der Waals surface area (Å²) < 4.78 is 5.51. The van der Waals surface area contributed by atoms with Gasteiger partial charge in [0.2, 0.25) is 5.91 Å². The second-order valence-electron chi connectivity index (χ2n) is 23.9. The fraction of sp³-hybridized carbons (Fsp3) is 0.971. The molecule has 0 bridgehead atoms. The molecule has 1 amide bonds. The maximum absolute atomic E-state index is 12.4. The average Bonchev–Trinajstić information content (AvgIpc) is 3.40. The summed E-state index contributed by atoms with van der Waals surface area (Å²) in [5.41, 5.74) is 0. The molecule has 0 saturated heterocycles. The lowest BCUT2D eigenvalue weighted by Crippen LogP contribution is -2.45. The van der Waals surface area contributed by atoms with Crippen molar-refractivity contribution in [1.82, 2.24) is 5.32 Å². The number of carbonyl (C=O) groups is 2. The number of ether oxygens (including phenoxy) is 1. The van der Waals surface area contributed by atoms with Gasteiger partial charge in [0.05, 0.1) is 25.4 Å². The highest BCUT2D eigenvalue weighted by Crippen LogP contribution is 2.19. The summed E-state index contributed by atoms with van der Waals surface area (Å²) in [5.74, 6) is -0.00520. The third-order valence-electron chi connectivity index (χ3n) is 16.4. The second-order valence-corrected chi connectivity index (χ2v) is 23.9. The number of carbonyl (C=O) groups excluding carboxylic acids is 2. The number of nitrogens with one attached hydrogen (secondary N) is 1. The Morgan fingerprint density at radius 2 is 0.554 bits per heavy atom. The first-order chi connectivity index (χ1) is 36.5. The fourth-order valence-electron chi connectivity index (χ4n) is 11.2. The second kappa shape index (κ2) is 64.4. The molecular formula is C68H135NO5. The number of esters is 1. The van der Waals surface area contributed by atoms with Crippen molar-refractivity contribution >= 4 is 11.9 Å². The monoisotopic (exact) mass is 1050 g/mol. The Hall–Kier alpha value is -1.14. The van der Waals surface area contributed by atoms with Crippen molar-refractivity contribution in [3.05, 3.63) is 0 Å². The van der Waals surface area contributed by atoms with Crippen LogP contribution < -0.4 is 5.32 Å². The molecule has 2 unspecified atom stereocenters. The van der Waals surface area contributed by atoms with Crippen molar-refractivity contribution in [3.63, 3.8) is 0 Å². The minimum atomic E-state index is -0.658. The number of hydrogen-bond acceptors (Lipinski definition) is 5. The van der Waals surface area contributed by atoms with Crippen LogP contribution in [-0.2, 0) is 14.3 Å². The Morgan fingerprint density at radius 3 is 0.824 bits per heavy atom. The number of rotatable bonds is 65. The van der Waals surface area contributed by atoms with E-state index in [-0.39, 0.29) is 18.5 Å².